The maximum Gasteiger partial charge on any atom is 0.278 e. The van der Waals surface area contributed by atoms with Crippen molar-refractivity contribution < 1.29 is 9.34 Å². The Kier molecular flexibility index (Phi) is 3.49. The van der Waals surface area contributed by atoms with Crippen LogP contribution in [-0.4, -0.2) is 9.91 Å². The van der Waals surface area contributed by atoms with Crippen molar-refractivity contribution in [1.82, 2.24) is 4.98 Å². The average molecular weight is 306 g/mol. The Hall–Kier alpha value is -3.66. The van der Waals surface area contributed by atoms with Crippen molar-refractivity contribution in [2.75, 3.05) is 5.73 Å². The highest BCUT2D eigenvalue weighted by atomic mass is 16.6. The van der Waals surface area contributed by atoms with Gasteiger partial charge in [0.05, 0.1) is 22.4 Å². The number of benzene rings is 1. The molecule has 0 saturated carbocycles. The van der Waals surface area contributed by atoms with Gasteiger partial charge in [0.1, 0.15) is 23.2 Å². The van der Waals surface area contributed by atoms with Gasteiger partial charge in [-0.05, 0) is 24.3 Å². The zero-order valence-electron chi connectivity index (χ0n) is 11.8. The maximum absolute atomic E-state index is 11.2. The number of furan rings is 1. The summed E-state index contributed by atoms with van der Waals surface area (Å²) < 4.78 is 5.32. The summed E-state index contributed by atoms with van der Waals surface area (Å²) in [6, 6.07) is 13.1. The van der Waals surface area contributed by atoms with Crippen molar-refractivity contribution >= 4 is 11.5 Å². The van der Waals surface area contributed by atoms with E-state index in [9.17, 15) is 15.4 Å². The van der Waals surface area contributed by atoms with Crippen LogP contribution >= 0.6 is 0 Å². The van der Waals surface area contributed by atoms with Gasteiger partial charge < -0.3 is 10.2 Å². The molecule has 2 aromatic heterocycles. The predicted octanol–water partition coefficient (Wildman–Crippen LogP) is 3.37. The molecular formula is C16H10N4O3. The molecule has 0 bridgehead atoms. The Bertz CT molecular complexity index is 927. The quantitative estimate of drug-likeness (QED) is 0.585. The smallest absolute Gasteiger partial charge is 0.278 e. The van der Waals surface area contributed by atoms with Crippen LogP contribution in [0, 0.1) is 21.4 Å². The highest BCUT2D eigenvalue weighted by Crippen LogP contribution is 2.34. The lowest BCUT2D eigenvalue weighted by molar-refractivity contribution is -0.384. The summed E-state index contributed by atoms with van der Waals surface area (Å²) in [5.74, 6) is 0.435. The van der Waals surface area contributed by atoms with Crippen LogP contribution in [0.15, 0.2) is 53.1 Å². The van der Waals surface area contributed by atoms with Gasteiger partial charge >= 0.3 is 0 Å². The first-order chi connectivity index (χ1) is 11.1. The minimum Gasteiger partial charge on any atom is -0.464 e. The van der Waals surface area contributed by atoms with E-state index in [1.807, 2.05) is 6.07 Å². The third-order valence-electron chi connectivity index (χ3n) is 3.32. The highest BCUT2D eigenvalue weighted by Gasteiger charge is 2.20. The van der Waals surface area contributed by atoms with Crippen LogP contribution in [0.25, 0.3) is 22.6 Å². The summed E-state index contributed by atoms with van der Waals surface area (Å²) in [4.78, 5) is 14.8. The largest absolute Gasteiger partial charge is 0.464 e. The Balaban J connectivity index is 2.28. The van der Waals surface area contributed by atoms with Gasteiger partial charge in [-0.2, -0.15) is 5.26 Å². The van der Waals surface area contributed by atoms with Gasteiger partial charge in [-0.25, -0.2) is 4.98 Å². The number of para-hydroxylation sites is 1. The molecule has 0 aliphatic carbocycles. The van der Waals surface area contributed by atoms with Gasteiger partial charge in [0.15, 0.2) is 0 Å². The van der Waals surface area contributed by atoms with Crippen molar-refractivity contribution in [3.63, 3.8) is 0 Å². The molecule has 0 amide bonds. The van der Waals surface area contributed by atoms with Gasteiger partial charge in [0, 0.05) is 11.6 Å². The molecule has 0 spiro atoms. The number of nitriles is 1. The Morgan fingerprint density at radius 2 is 2.00 bits per heavy atom. The number of rotatable bonds is 3. The first kappa shape index (κ1) is 14.3. The van der Waals surface area contributed by atoms with Crippen molar-refractivity contribution in [3.05, 3.63) is 64.4 Å². The van der Waals surface area contributed by atoms with Gasteiger partial charge in [-0.3, -0.25) is 10.1 Å². The van der Waals surface area contributed by atoms with Crippen molar-refractivity contribution in [3.8, 4) is 28.7 Å². The van der Waals surface area contributed by atoms with E-state index in [0.717, 1.165) is 0 Å². The third-order valence-corrected chi connectivity index (χ3v) is 3.32. The Morgan fingerprint density at radius 3 is 2.65 bits per heavy atom. The van der Waals surface area contributed by atoms with E-state index in [1.54, 1.807) is 36.4 Å². The molecule has 112 valence electrons. The molecule has 2 heterocycles. The number of nitro benzene ring substituents is 1. The molecule has 7 heteroatoms. The van der Waals surface area contributed by atoms with Crippen LogP contribution in [0.5, 0.6) is 0 Å². The van der Waals surface area contributed by atoms with E-state index in [4.69, 9.17) is 10.2 Å². The van der Waals surface area contributed by atoms with Gasteiger partial charge in [-0.15, -0.1) is 0 Å². The molecular weight excluding hydrogens is 296 g/mol. The van der Waals surface area contributed by atoms with E-state index in [0.29, 0.717) is 22.6 Å². The zero-order chi connectivity index (χ0) is 16.4. The van der Waals surface area contributed by atoms with Crippen LogP contribution in [0.1, 0.15) is 5.56 Å². The van der Waals surface area contributed by atoms with Gasteiger partial charge in [-0.1, -0.05) is 12.1 Å². The number of pyridine rings is 1. The second-order valence-corrected chi connectivity index (χ2v) is 4.68. The lowest BCUT2D eigenvalue weighted by Gasteiger charge is -2.08. The second-order valence-electron chi connectivity index (χ2n) is 4.68. The molecule has 0 unspecified atom stereocenters. The Morgan fingerprint density at radius 1 is 1.22 bits per heavy atom. The molecule has 1 aromatic carbocycles. The molecule has 0 radical (unpaired) electrons. The van der Waals surface area contributed by atoms with E-state index in [2.05, 4.69) is 4.98 Å². The third kappa shape index (κ3) is 2.49. The molecule has 0 saturated heterocycles. The number of nitrogen functional groups attached to an aromatic ring is 1. The van der Waals surface area contributed by atoms with Crippen LogP contribution < -0.4 is 5.73 Å². The topological polar surface area (TPSA) is 119 Å². The molecule has 7 nitrogen and oxygen atoms in total. The van der Waals surface area contributed by atoms with E-state index in [-0.39, 0.29) is 17.1 Å². The molecule has 0 aliphatic rings. The maximum atomic E-state index is 11.2. The first-order valence-electron chi connectivity index (χ1n) is 6.60. The van der Waals surface area contributed by atoms with E-state index >= 15 is 0 Å². The molecule has 23 heavy (non-hydrogen) atoms. The number of nitrogens with two attached hydrogens (primary N) is 1. The number of nitro groups is 1. The molecule has 0 fully saturated rings. The minimum atomic E-state index is -0.488. The molecule has 2 N–H and O–H groups in total. The molecule has 0 aliphatic heterocycles. The lowest BCUT2D eigenvalue weighted by Crippen LogP contribution is -2.00. The number of hydrogen-bond donors (Lipinski definition) is 1. The number of nitrogens with zero attached hydrogens (tertiary/aromatic N) is 3. The fourth-order valence-corrected chi connectivity index (χ4v) is 2.30. The van der Waals surface area contributed by atoms with Crippen LogP contribution in [0.4, 0.5) is 11.5 Å². The monoisotopic (exact) mass is 306 g/mol. The number of aromatic nitrogens is 1. The van der Waals surface area contributed by atoms with E-state index in [1.165, 1.54) is 12.3 Å². The summed E-state index contributed by atoms with van der Waals surface area (Å²) in [6.45, 7) is 0. The van der Waals surface area contributed by atoms with Gasteiger partial charge in [0.2, 0.25) is 0 Å². The summed E-state index contributed by atoms with van der Waals surface area (Å²) in [6.07, 6.45) is 1.47. The molecule has 0 atom stereocenters. The second kappa shape index (κ2) is 5.61. The van der Waals surface area contributed by atoms with Gasteiger partial charge in [0.25, 0.3) is 5.69 Å². The fraction of sp³-hybridized carbons (Fsp3) is 0. The van der Waals surface area contributed by atoms with Crippen LogP contribution in [0.2, 0.25) is 0 Å². The Labute approximate surface area is 130 Å². The molecule has 3 aromatic rings. The zero-order valence-corrected chi connectivity index (χ0v) is 11.8. The van der Waals surface area contributed by atoms with Crippen molar-refractivity contribution in [2.45, 2.75) is 0 Å². The number of hydrogen-bond acceptors (Lipinski definition) is 6. The average Bonchev–Trinajstić information content (AvgIpc) is 3.08. The summed E-state index contributed by atoms with van der Waals surface area (Å²) >= 11 is 0. The van der Waals surface area contributed by atoms with Crippen LogP contribution in [0.3, 0.4) is 0 Å². The van der Waals surface area contributed by atoms with Crippen molar-refractivity contribution in [2.24, 2.45) is 0 Å². The van der Waals surface area contributed by atoms with Crippen molar-refractivity contribution in [1.29, 1.82) is 5.26 Å². The summed E-state index contributed by atoms with van der Waals surface area (Å²) in [7, 11) is 0. The normalized spacial score (nSPS) is 10.2. The standard InChI is InChI=1S/C16H10N4O3/c17-9-12-11(15-6-3-7-23-15)8-13(19-16(12)18)10-4-1-2-5-14(10)20(21)22/h1-8H,(H2,18,19). The van der Waals surface area contributed by atoms with Crippen LogP contribution in [-0.2, 0) is 0 Å². The summed E-state index contributed by atoms with van der Waals surface area (Å²) in [5.41, 5.74) is 7.01. The lowest BCUT2D eigenvalue weighted by atomic mass is 10.0. The summed E-state index contributed by atoms with van der Waals surface area (Å²) in [5, 5.41) is 20.5. The minimum absolute atomic E-state index is 0.00505. The fourth-order valence-electron chi connectivity index (χ4n) is 2.30. The SMILES string of the molecule is N#Cc1c(-c2ccco2)cc(-c2ccccc2[N+](=O)[O-])nc1N. The predicted molar refractivity (Wildman–Crippen MR) is 83.2 cm³/mol. The first-order valence-corrected chi connectivity index (χ1v) is 6.60. The highest BCUT2D eigenvalue weighted by molar-refractivity contribution is 5.80. The molecule has 3 rings (SSSR count). The van der Waals surface area contributed by atoms with E-state index < -0.39 is 4.92 Å². The number of anilines is 1.